The Kier molecular flexibility index (Phi) is 3.27. The second-order valence-electron chi connectivity index (χ2n) is 2.73. The lowest BCUT2D eigenvalue weighted by atomic mass is 10.2. The van der Waals surface area contributed by atoms with Crippen molar-refractivity contribution in [1.29, 1.82) is 5.26 Å². The first-order valence-corrected chi connectivity index (χ1v) is 3.99. The zero-order chi connectivity index (χ0) is 9.68. The summed E-state index contributed by atoms with van der Waals surface area (Å²) in [6.45, 7) is 1.48. The zero-order valence-corrected chi connectivity index (χ0v) is 7.33. The summed E-state index contributed by atoms with van der Waals surface area (Å²) in [6, 6.07) is 8.57. The van der Waals surface area contributed by atoms with Crippen LogP contribution in [-0.2, 0) is 0 Å². The Bertz CT molecular complexity index is 300. The molecule has 0 N–H and O–H groups in total. The fourth-order valence-corrected chi connectivity index (χ4v) is 0.837. The number of benzene rings is 1. The molecule has 0 heterocycles. The molecule has 0 spiro atoms. The van der Waals surface area contributed by atoms with E-state index in [1.165, 1.54) is 6.92 Å². The van der Waals surface area contributed by atoms with Crippen molar-refractivity contribution in [2.24, 2.45) is 0 Å². The van der Waals surface area contributed by atoms with Crippen LogP contribution in [0.5, 0.6) is 5.75 Å². The van der Waals surface area contributed by atoms with Gasteiger partial charge in [0.15, 0.2) is 0 Å². The van der Waals surface area contributed by atoms with Crippen LogP contribution in [0.3, 0.4) is 0 Å². The Hall–Kier alpha value is -1.56. The molecule has 0 aliphatic carbocycles. The van der Waals surface area contributed by atoms with Crippen LogP contribution in [0.4, 0.5) is 4.39 Å². The Morgan fingerprint density at radius 2 is 2.08 bits per heavy atom. The second-order valence-corrected chi connectivity index (χ2v) is 2.73. The van der Waals surface area contributed by atoms with Crippen LogP contribution in [0.2, 0.25) is 0 Å². The van der Waals surface area contributed by atoms with Crippen molar-refractivity contribution >= 4 is 0 Å². The van der Waals surface area contributed by atoms with Crippen LogP contribution < -0.4 is 4.74 Å². The maximum Gasteiger partial charge on any atom is 0.131 e. The minimum atomic E-state index is -0.976. The number of hydrogen-bond acceptors (Lipinski definition) is 2. The van der Waals surface area contributed by atoms with E-state index >= 15 is 0 Å². The summed E-state index contributed by atoms with van der Waals surface area (Å²) in [6.07, 6.45) is -0.976. The van der Waals surface area contributed by atoms with Gasteiger partial charge < -0.3 is 4.74 Å². The van der Waals surface area contributed by atoms with Crippen molar-refractivity contribution < 1.29 is 9.13 Å². The largest absolute Gasteiger partial charge is 0.491 e. The van der Waals surface area contributed by atoms with Gasteiger partial charge in [0, 0.05) is 0 Å². The van der Waals surface area contributed by atoms with Crippen LogP contribution in [0.25, 0.3) is 0 Å². The molecule has 68 valence electrons. The Morgan fingerprint density at radius 1 is 1.46 bits per heavy atom. The van der Waals surface area contributed by atoms with Crippen LogP contribution in [0.15, 0.2) is 24.3 Å². The summed E-state index contributed by atoms with van der Waals surface area (Å²) in [5.41, 5.74) is 0.570. The number of halogens is 1. The van der Waals surface area contributed by atoms with Crippen molar-refractivity contribution in [1.82, 2.24) is 0 Å². The molecule has 13 heavy (non-hydrogen) atoms. The summed E-state index contributed by atoms with van der Waals surface area (Å²) in [7, 11) is 0. The highest BCUT2D eigenvalue weighted by atomic mass is 19.1. The summed E-state index contributed by atoms with van der Waals surface area (Å²) in [4.78, 5) is 0. The SMILES string of the molecule is CC(F)COc1ccc(C#N)cc1. The molecule has 0 bridgehead atoms. The topological polar surface area (TPSA) is 33.0 Å². The molecule has 1 aromatic carbocycles. The normalized spacial score (nSPS) is 11.8. The molecule has 0 fully saturated rings. The number of nitrogens with zero attached hydrogens (tertiary/aromatic N) is 1. The molecule has 0 aromatic heterocycles. The lowest BCUT2D eigenvalue weighted by molar-refractivity contribution is 0.210. The minimum absolute atomic E-state index is 0.0475. The first-order chi connectivity index (χ1) is 6.22. The molecule has 3 heteroatoms. The summed E-state index contributed by atoms with van der Waals surface area (Å²) >= 11 is 0. The highest BCUT2D eigenvalue weighted by molar-refractivity contribution is 5.34. The third-order valence-corrected chi connectivity index (χ3v) is 1.46. The fraction of sp³-hybridized carbons (Fsp3) is 0.300. The lowest BCUT2D eigenvalue weighted by Gasteiger charge is -2.05. The Balaban J connectivity index is 2.55. The number of nitriles is 1. The summed E-state index contributed by atoms with van der Waals surface area (Å²) in [5.74, 6) is 0.587. The third-order valence-electron chi connectivity index (χ3n) is 1.46. The van der Waals surface area contributed by atoms with E-state index in [2.05, 4.69) is 0 Å². The first kappa shape index (κ1) is 9.53. The van der Waals surface area contributed by atoms with Crippen molar-refractivity contribution in [2.45, 2.75) is 13.1 Å². The molecule has 1 rings (SSSR count). The molecule has 2 nitrogen and oxygen atoms in total. The summed E-state index contributed by atoms with van der Waals surface area (Å²) in [5, 5.41) is 8.50. The van der Waals surface area contributed by atoms with E-state index < -0.39 is 6.17 Å². The maximum absolute atomic E-state index is 12.4. The van der Waals surface area contributed by atoms with Gasteiger partial charge >= 0.3 is 0 Å². The van der Waals surface area contributed by atoms with E-state index in [1.807, 2.05) is 6.07 Å². The maximum atomic E-state index is 12.4. The number of hydrogen-bond donors (Lipinski definition) is 0. The van der Waals surface area contributed by atoms with E-state index in [0.717, 1.165) is 0 Å². The molecule has 0 aliphatic rings. The van der Waals surface area contributed by atoms with E-state index in [1.54, 1.807) is 24.3 Å². The molecule has 1 unspecified atom stereocenters. The average molecular weight is 179 g/mol. The van der Waals surface area contributed by atoms with Gasteiger partial charge in [-0.3, -0.25) is 0 Å². The van der Waals surface area contributed by atoms with Gasteiger partial charge in [0.1, 0.15) is 18.5 Å². The van der Waals surface area contributed by atoms with Crippen LogP contribution in [0, 0.1) is 11.3 Å². The van der Waals surface area contributed by atoms with Gasteiger partial charge in [-0.1, -0.05) is 0 Å². The van der Waals surface area contributed by atoms with Gasteiger partial charge in [-0.15, -0.1) is 0 Å². The Morgan fingerprint density at radius 3 is 2.54 bits per heavy atom. The highest BCUT2D eigenvalue weighted by Gasteiger charge is 1.99. The van der Waals surface area contributed by atoms with Crippen molar-refractivity contribution in [2.75, 3.05) is 6.61 Å². The predicted molar refractivity (Wildman–Crippen MR) is 47.2 cm³/mol. The number of alkyl halides is 1. The molecule has 0 saturated carbocycles. The monoisotopic (exact) mass is 179 g/mol. The average Bonchev–Trinajstić information content (AvgIpc) is 2.15. The fourth-order valence-electron chi connectivity index (χ4n) is 0.837. The lowest BCUT2D eigenvalue weighted by Crippen LogP contribution is -2.08. The first-order valence-electron chi connectivity index (χ1n) is 3.99. The zero-order valence-electron chi connectivity index (χ0n) is 7.33. The van der Waals surface area contributed by atoms with Crippen molar-refractivity contribution in [3.05, 3.63) is 29.8 Å². The minimum Gasteiger partial charge on any atom is -0.491 e. The highest BCUT2D eigenvalue weighted by Crippen LogP contribution is 2.11. The van der Waals surface area contributed by atoms with Gasteiger partial charge in [0.05, 0.1) is 11.6 Å². The van der Waals surface area contributed by atoms with E-state index in [-0.39, 0.29) is 6.61 Å². The number of ether oxygens (including phenoxy) is 1. The third kappa shape index (κ3) is 3.12. The molecule has 1 aromatic rings. The molecule has 1 atom stereocenters. The van der Waals surface area contributed by atoms with Crippen molar-refractivity contribution in [3.63, 3.8) is 0 Å². The molecule has 0 radical (unpaired) electrons. The van der Waals surface area contributed by atoms with E-state index in [9.17, 15) is 4.39 Å². The molecule has 0 aliphatic heterocycles. The van der Waals surface area contributed by atoms with Gasteiger partial charge in [-0.05, 0) is 31.2 Å². The van der Waals surface area contributed by atoms with E-state index in [4.69, 9.17) is 10.00 Å². The van der Waals surface area contributed by atoms with Crippen LogP contribution in [-0.4, -0.2) is 12.8 Å². The molecule has 0 saturated heterocycles. The van der Waals surface area contributed by atoms with Gasteiger partial charge in [0.2, 0.25) is 0 Å². The standard InChI is InChI=1S/C10H10FNO/c1-8(11)7-13-10-4-2-9(6-12)3-5-10/h2-5,8H,7H2,1H3. The Labute approximate surface area is 76.6 Å². The van der Waals surface area contributed by atoms with E-state index in [0.29, 0.717) is 11.3 Å². The van der Waals surface area contributed by atoms with Crippen LogP contribution in [0.1, 0.15) is 12.5 Å². The number of rotatable bonds is 3. The van der Waals surface area contributed by atoms with Gasteiger partial charge in [-0.25, -0.2) is 4.39 Å². The van der Waals surface area contributed by atoms with Crippen molar-refractivity contribution in [3.8, 4) is 11.8 Å². The molecule has 0 amide bonds. The smallest absolute Gasteiger partial charge is 0.131 e. The van der Waals surface area contributed by atoms with Gasteiger partial charge in [0.25, 0.3) is 0 Å². The second kappa shape index (κ2) is 4.46. The van der Waals surface area contributed by atoms with Gasteiger partial charge in [-0.2, -0.15) is 5.26 Å². The molecular formula is C10H10FNO. The quantitative estimate of drug-likeness (QED) is 0.713. The van der Waals surface area contributed by atoms with Crippen LogP contribution >= 0.6 is 0 Å². The molecular weight excluding hydrogens is 169 g/mol. The summed E-state index contributed by atoms with van der Waals surface area (Å²) < 4.78 is 17.4. The predicted octanol–water partition coefficient (Wildman–Crippen LogP) is 2.30.